The summed E-state index contributed by atoms with van der Waals surface area (Å²) in [4.78, 5) is 15.6. The van der Waals surface area contributed by atoms with E-state index >= 15 is 0 Å². The summed E-state index contributed by atoms with van der Waals surface area (Å²) in [7, 11) is 0. The molecule has 0 spiro atoms. The molecule has 0 radical (unpaired) electrons. The molecule has 5 heteroatoms. The van der Waals surface area contributed by atoms with Gasteiger partial charge < -0.3 is 20.2 Å². The molecule has 1 aromatic carbocycles. The highest BCUT2D eigenvalue weighted by molar-refractivity contribution is 5.87. The van der Waals surface area contributed by atoms with E-state index in [9.17, 15) is 20.1 Å². The van der Waals surface area contributed by atoms with Gasteiger partial charge in [-0.15, -0.1) is 0 Å². The number of nitrogens with zero attached hydrogens (tertiary/aromatic N) is 1. The van der Waals surface area contributed by atoms with E-state index in [1.54, 1.807) is 0 Å². The highest BCUT2D eigenvalue weighted by Crippen LogP contribution is 2.60. The number of aliphatic hydroxyl groups is 3. The van der Waals surface area contributed by atoms with E-state index in [-0.39, 0.29) is 17.4 Å². The second kappa shape index (κ2) is 12.8. The number of amides is 1. The molecule has 1 aliphatic heterocycles. The minimum Gasteiger partial charge on any atom is -0.393 e. The molecule has 230 valence electrons. The number of carbonyl (C=O) groups is 1. The standard InChI is InChI=1S/C37H53NO4/c1-5-18-37(42)24-30(38(35(37)41)20-17-27-10-7-6-8-11-27)21-25(2)32-15-16-33-28(12-9-19-36(32,33)4)13-14-29-22-31(39)23-34(40)26(29)3/h6-8,10-11,13-14,25,30-34,39-40,42H,3,5,9,12,15-24H2,1-2,4H3/b28-13+,29-14-/t25-,30?,31-,32-,33+,34+,36-,37?/m1/s1. The van der Waals surface area contributed by atoms with Crippen LogP contribution >= 0.6 is 0 Å². The van der Waals surface area contributed by atoms with Crippen LogP contribution in [0.15, 0.2) is 65.8 Å². The molecule has 3 N–H and O–H groups in total. The minimum atomic E-state index is -1.23. The number of likely N-dealkylation sites (tertiary alicyclic amines) is 1. The first-order chi connectivity index (χ1) is 20.1. The van der Waals surface area contributed by atoms with Crippen molar-refractivity contribution in [2.45, 2.75) is 122 Å². The van der Waals surface area contributed by atoms with Gasteiger partial charge in [0.05, 0.1) is 12.2 Å². The van der Waals surface area contributed by atoms with Crippen molar-refractivity contribution in [3.8, 4) is 0 Å². The van der Waals surface area contributed by atoms with Gasteiger partial charge in [0.1, 0.15) is 5.60 Å². The van der Waals surface area contributed by atoms with Gasteiger partial charge in [-0.05, 0) is 97.7 Å². The quantitative estimate of drug-likeness (QED) is 0.313. The van der Waals surface area contributed by atoms with E-state index in [1.165, 1.54) is 36.8 Å². The Morgan fingerprint density at radius 3 is 2.67 bits per heavy atom. The van der Waals surface area contributed by atoms with Crippen LogP contribution < -0.4 is 0 Å². The molecule has 2 unspecified atom stereocenters. The summed E-state index contributed by atoms with van der Waals surface area (Å²) in [6.07, 6.45) is 13.7. The summed E-state index contributed by atoms with van der Waals surface area (Å²) in [5.41, 5.74) is 3.46. The first kappa shape index (κ1) is 31.2. The molecule has 3 saturated carbocycles. The number of hydrogen-bond acceptors (Lipinski definition) is 4. The Bertz CT molecular complexity index is 1190. The predicted molar refractivity (Wildman–Crippen MR) is 169 cm³/mol. The van der Waals surface area contributed by atoms with E-state index in [0.29, 0.717) is 50.0 Å². The van der Waals surface area contributed by atoms with Gasteiger partial charge in [-0.25, -0.2) is 0 Å². The Hall–Kier alpha value is -2.21. The van der Waals surface area contributed by atoms with Gasteiger partial charge in [0, 0.05) is 25.4 Å². The van der Waals surface area contributed by atoms with Crippen molar-refractivity contribution in [1.82, 2.24) is 4.90 Å². The zero-order valence-electron chi connectivity index (χ0n) is 26.1. The van der Waals surface area contributed by atoms with Crippen molar-refractivity contribution in [1.29, 1.82) is 0 Å². The second-order valence-corrected chi connectivity index (χ2v) is 14.3. The SMILES string of the molecule is C=C1/C(=C\C=C2/CCC[C@]3(C)[C@@H]([C@H](C)CC4CC(O)(CCC)C(=O)N4CCc4ccccc4)CC[C@@H]23)C[C@@H](O)C[C@@H]1O. The maximum absolute atomic E-state index is 13.6. The third kappa shape index (κ3) is 6.21. The summed E-state index contributed by atoms with van der Waals surface area (Å²) in [6, 6.07) is 10.4. The van der Waals surface area contributed by atoms with Crippen molar-refractivity contribution >= 4 is 5.91 Å². The lowest BCUT2D eigenvalue weighted by molar-refractivity contribution is -0.144. The van der Waals surface area contributed by atoms with Crippen molar-refractivity contribution in [2.24, 2.45) is 23.2 Å². The zero-order chi connectivity index (χ0) is 30.1. The molecule has 8 atom stereocenters. The van der Waals surface area contributed by atoms with Crippen LogP contribution in [0.3, 0.4) is 0 Å². The normalized spacial score (nSPS) is 38.0. The van der Waals surface area contributed by atoms with Crippen molar-refractivity contribution in [2.75, 3.05) is 6.54 Å². The molecular formula is C37H53NO4. The maximum atomic E-state index is 13.6. The highest BCUT2D eigenvalue weighted by atomic mass is 16.3. The summed E-state index contributed by atoms with van der Waals surface area (Å²) in [5.74, 6) is 1.52. The van der Waals surface area contributed by atoms with Crippen LogP contribution in [0.5, 0.6) is 0 Å². The van der Waals surface area contributed by atoms with Crippen LogP contribution in [0.4, 0.5) is 0 Å². The van der Waals surface area contributed by atoms with Crippen LogP contribution in [0.2, 0.25) is 0 Å². The van der Waals surface area contributed by atoms with Crippen LogP contribution in [0.25, 0.3) is 0 Å². The van der Waals surface area contributed by atoms with Crippen LogP contribution in [-0.2, 0) is 11.2 Å². The van der Waals surface area contributed by atoms with E-state index in [1.807, 2.05) is 30.0 Å². The van der Waals surface area contributed by atoms with Gasteiger partial charge in [-0.2, -0.15) is 0 Å². The summed E-state index contributed by atoms with van der Waals surface area (Å²) < 4.78 is 0. The predicted octanol–water partition coefficient (Wildman–Crippen LogP) is 6.53. The fraction of sp³-hybridized carbons (Fsp3) is 0.649. The Morgan fingerprint density at radius 2 is 1.93 bits per heavy atom. The van der Waals surface area contributed by atoms with Gasteiger partial charge in [-0.3, -0.25) is 4.79 Å². The van der Waals surface area contributed by atoms with Crippen LogP contribution in [0.1, 0.15) is 97.0 Å². The van der Waals surface area contributed by atoms with Gasteiger partial charge in [0.15, 0.2) is 0 Å². The highest BCUT2D eigenvalue weighted by Gasteiger charge is 2.53. The Kier molecular flexibility index (Phi) is 9.51. The van der Waals surface area contributed by atoms with Gasteiger partial charge in [0.25, 0.3) is 5.91 Å². The van der Waals surface area contributed by atoms with Crippen LogP contribution in [0, 0.1) is 23.2 Å². The van der Waals surface area contributed by atoms with Gasteiger partial charge in [0.2, 0.25) is 0 Å². The number of benzene rings is 1. The topological polar surface area (TPSA) is 81.0 Å². The lowest BCUT2D eigenvalue weighted by atomic mass is 9.60. The average Bonchev–Trinajstić information content (AvgIpc) is 3.42. The monoisotopic (exact) mass is 575 g/mol. The van der Waals surface area contributed by atoms with E-state index < -0.39 is 17.8 Å². The first-order valence-electron chi connectivity index (χ1n) is 16.6. The van der Waals surface area contributed by atoms with Gasteiger partial charge in [-0.1, -0.05) is 81.8 Å². The molecule has 4 fully saturated rings. The fourth-order valence-electron chi connectivity index (χ4n) is 9.30. The number of hydrogen-bond donors (Lipinski definition) is 3. The molecule has 0 aromatic heterocycles. The summed E-state index contributed by atoms with van der Waals surface area (Å²) >= 11 is 0. The number of aliphatic hydroxyl groups excluding tert-OH is 2. The van der Waals surface area contributed by atoms with Crippen LogP contribution in [-0.4, -0.2) is 56.5 Å². The smallest absolute Gasteiger partial charge is 0.254 e. The Balaban J connectivity index is 1.30. The Labute approximate surface area is 253 Å². The van der Waals surface area contributed by atoms with E-state index in [0.717, 1.165) is 36.8 Å². The lowest BCUT2D eigenvalue weighted by Crippen LogP contribution is -2.42. The molecule has 1 aromatic rings. The molecule has 1 amide bonds. The molecule has 1 heterocycles. The molecule has 1 saturated heterocycles. The molecule has 5 nitrogen and oxygen atoms in total. The molecular weight excluding hydrogens is 522 g/mol. The van der Waals surface area contributed by atoms with Crippen molar-refractivity contribution in [3.05, 3.63) is 71.3 Å². The molecule has 4 aliphatic rings. The summed E-state index contributed by atoms with van der Waals surface area (Å²) in [5, 5.41) is 31.9. The number of carbonyl (C=O) groups excluding carboxylic acids is 1. The average molecular weight is 576 g/mol. The molecule has 5 rings (SSSR count). The maximum Gasteiger partial charge on any atom is 0.254 e. The number of allylic oxidation sites excluding steroid dienone is 3. The van der Waals surface area contributed by atoms with Crippen molar-refractivity contribution in [3.63, 3.8) is 0 Å². The van der Waals surface area contributed by atoms with E-state index in [4.69, 9.17) is 0 Å². The third-order valence-electron chi connectivity index (χ3n) is 11.5. The zero-order valence-corrected chi connectivity index (χ0v) is 26.1. The largest absolute Gasteiger partial charge is 0.393 e. The number of rotatable bonds is 9. The fourth-order valence-corrected chi connectivity index (χ4v) is 9.30. The second-order valence-electron chi connectivity index (χ2n) is 14.3. The van der Waals surface area contributed by atoms with Crippen molar-refractivity contribution < 1.29 is 20.1 Å². The first-order valence-corrected chi connectivity index (χ1v) is 16.6. The summed E-state index contributed by atoms with van der Waals surface area (Å²) in [6.45, 7) is 11.7. The minimum absolute atomic E-state index is 0.0662. The number of fused-ring (bicyclic) bond motifs is 1. The van der Waals surface area contributed by atoms with E-state index in [2.05, 4.69) is 44.7 Å². The molecule has 0 bridgehead atoms. The third-order valence-corrected chi connectivity index (χ3v) is 11.5. The lowest BCUT2D eigenvalue weighted by Gasteiger charge is -2.45. The molecule has 3 aliphatic carbocycles. The van der Waals surface area contributed by atoms with Gasteiger partial charge >= 0.3 is 0 Å². The molecule has 42 heavy (non-hydrogen) atoms. The Morgan fingerprint density at radius 1 is 1.17 bits per heavy atom.